The van der Waals surface area contributed by atoms with Crippen LogP contribution in [0.25, 0.3) is 0 Å². The Morgan fingerprint density at radius 1 is 1.13 bits per heavy atom. The molecule has 0 bridgehead atoms. The standard InChI is InChI=1S/C13H19NS/c1-15-12-8-6-11(7-9-12)13-5-3-2-4-10-14-13/h6-9,13-14H,2-5,10H2,1H3. The topological polar surface area (TPSA) is 12.0 Å². The summed E-state index contributed by atoms with van der Waals surface area (Å²) in [5, 5.41) is 3.63. The van der Waals surface area contributed by atoms with Gasteiger partial charge in [-0.2, -0.15) is 0 Å². The van der Waals surface area contributed by atoms with Gasteiger partial charge in [-0.1, -0.05) is 25.0 Å². The molecule has 1 unspecified atom stereocenters. The smallest absolute Gasteiger partial charge is 0.0320 e. The van der Waals surface area contributed by atoms with Gasteiger partial charge in [0.05, 0.1) is 0 Å². The fraction of sp³-hybridized carbons (Fsp3) is 0.538. The van der Waals surface area contributed by atoms with E-state index in [0.717, 1.165) is 0 Å². The van der Waals surface area contributed by atoms with Gasteiger partial charge in [0.15, 0.2) is 0 Å². The van der Waals surface area contributed by atoms with Gasteiger partial charge in [-0.3, -0.25) is 0 Å². The number of rotatable bonds is 2. The van der Waals surface area contributed by atoms with Crippen LogP contribution in [0.2, 0.25) is 0 Å². The maximum absolute atomic E-state index is 3.63. The van der Waals surface area contributed by atoms with Crippen LogP contribution in [-0.4, -0.2) is 12.8 Å². The molecule has 1 fully saturated rings. The average molecular weight is 221 g/mol. The first-order chi connectivity index (χ1) is 7.40. The van der Waals surface area contributed by atoms with Gasteiger partial charge < -0.3 is 5.32 Å². The van der Waals surface area contributed by atoms with Crippen LogP contribution in [-0.2, 0) is 0 Å². The average Bonchev–Trinajstić information content (AvgIpc) is 2.58. The van der Waals surface area contributed by atoms with Crippen LogP contribution in [0.15, 0.2) is 29.2 Å². The highest BCUT2D eigenvalue weighted by atomic mass is 32.2. The largest absolute Gasteiger partial charge is 0.310 e. The zero-order chi connectivity index (χ0) is 10.5. The fourth-order valence-corrected chi connectivity index (χ4v) is 2.56. The lowest BCUT2D eigenvalue weighted by atomic mass is 10.0. The summed E-state index contributed by atoms with van der Waals surface area (Å²) in [6, 6.07) is 9.59. The van der Waals surface area contributed by atoms with Crippen LogP contribution in [0.1, 0.15) is 37.3 Å². The van der Waals surface area contributed by atoms with Gasteiger partial charge in [-0.05, 0) is 43.3 Å². The quantitative estimate of drug-likeness (QED) is 0.766. The van der Waals surface area contributed by atoms with Gasteiger partial charge in [-0.25, -0.2) is 0 Å². The Kier molecular flexibility index (Phi) is 4.09. The number of hydrogen-bond acceptors (Lipinski definition) is 2. The van der Waals surface area contributed by atoms with Crippen molar-refractivity contribution < 1.29 is 0 Å². The van der Waals surface area contributed by atoms with Gasteiger partial charge >= 0.3 is 0 Å². The molecule has 1 saturated heterocycles. The van der Waals surface area contributed by atoms with Crippen molar-refractivity contribution in [3.63, 3.8) is 0 Å². The Balaban J connectivity index is 2.06. The summed E-state index contributed by atoms with van der Waals surface area (Å²) in [5.41, 5.74) is 1.45. The molecule has 1 heterocycles. The maximum Gasteiger partial charge on any atom is 0.0320 e. The van der Waals surface area contributed by atoms with Crippen molar-refractivity contribution in [2.45, 2.75) is 36.6 Å². The second-order valence-corrected chi connectivity index (χ2v) is 5.01. The summed E-state index contributed by atoms with van der Waals surface area (Å²) in [4.78, 5) is 1.35. The number of hydrogen-bond donors (Lipinski definition) is 1. The molecule has 1 N–H and O–H groups in total. The normalized spacial score (nSPS) is 22.3. The van der Waals surface area contributed by atoms with Crippen LogP contribution in [0.4, 0.5) is 0 Å². The Hall–Kier alpha value is -0.470. The van der Waals surface area contributed by atoms with Crippen molar-refractivity contribution >= 4 is 11.8 Å². The minimum atomic E-state index is 0.586. The van der Waals surface area contributed by atoms with E-state index in [4.69, 9.17) is 0 Å². The third-order valence-electron chi connectivity index (χ3n) is 3.08. The van der Waals surface area contributed by atoms with Crippen LogP contribution in [0.5, 0.6) is 0 Å². The first kappa shape index (κ1) is 11.0. The van der Waals surface area contributed by atoms with Gasteiger partial charge in [0, 0.05) is 10.9 Å². The van der Waals surface area contributed by atoms with Gasteiger partial charge in [0.2, 0.25) is 0 Å². The van der Waals surface area contributed by atoms with Crippen molar-refractivity contribution in [1.82, 2.24) is 5.32 Å². The van der Waals surface area contributed by atoms with Crippen LogP contribution in [0, 0.1) is 0 Å². The summed E-state index contributed by atoms with van der Waals surface area (Å²) in [6.07, 6.45) is 7.49. The third kappa shape index (κ3) is 2.99. The van der Waals surface area contributed by atoms with Crippen LogP contribution < -0.4 is 5.32 Å². The third-order valence-corrected chi connectivity index (χ3v) is 3.82. The molecule has 2 rings (SSSR count). The highest BCUT2D eigenvalue weighted by Crippen LogP contribution is 2.24. The van der Waals surface area contributed by atoms with E-state index in [9.17, 15) is 0 Å². The molecule has 0 aromatic heterocycles. The Morgan fingerprint density at radius 3 is 2.67 bits per heavy atom. The SMILES string of the molecule is CSc1ccc(C2CCCCCN2)cc1. The predicted octanol–water partition coefficient (Wildman–Crippen LogP) is 3.61. The predicted molar refractivity (Wildman–Crippen MR) is 67.4 cm³/mol. The zero-order valence-corrected chi connectivity index (χ0v) is 10.1. The fourth-order valence-electron chi connectivity index (χ4n) is 2.15. The summed E-state index contributed by atoms with van der Waals surface area (Å²) >= 11 is 1.81. The van der Waals surface area contributed by atoms with E-state index < -0.39 is 0 Å². The number of benzene rings is 1. The number of thioether (sulfide) groups is 1. The van der Waals surface area contributed by atoms with E-state index in [1.165, 1.54) is 42.7 Å². The second-order valence-electron chi connectivity index (χ2n) is 4.13. The molecule has 1 aromatic rings. The minimum Gasteiger partial charge on any atom is -0.310 e. The molecular formula is C13H19NS. The van der Waals surface area contributed by atoms with Gasteiger partial charge in [0.1, 0.15) is 0 Å². The molecule has 1 atom stereocenters. The van der Waals surface area contributed by atoms with Crippen molar-refractivity contribution in [3.05, 3.63) is 29.8 Å². The van der Waals surface area contributed by atoms with Crippen molar-refractivity contribution in [3.8, 4) is 0 Å². The lowest BCUT2D eigenvalue weighted by Crippen LogP contribution is -2.20. The molecule has 1 aromatic carbocycles. The second kappa shape index (κ2) is 5.57. The molecule has 1 nitrogen and oxygen atoms in total. The zero-order valence-electron chi connectivity index (χ0n) is 9.33. The maximum atomic E-state index is 3.63. The molecule has 0 amide bonds. The molecule has 2 heteroatoms. The van der Waals surface area contributed by atoms with E-state index in [1.807, 2.05) is 11.8 Å². The molecule has 15 heavy (non-hydrogen) atoms. The van der Waals surface area contributed by atoms with Gasteiger partial charge in [0.25, 0.3) is 0 Å². The highest BCUT2D eigenvalue weighted by molar-refractivity contribution is 7.98. The van der Waals surface area contributed by atoms with Crippen LogP contribution in [0.3, 0.4) is 0 Å². The van der Waals surface area contributed by atoms with E-state index in [0.29, 0.717) is 6.04 Å². The Morgan fingerprint density at radius 2 is 1.93 bits per heavy atom. The lowest BCUT2D eigenvalue weighted by molar-refractivity contribution is 0.534. The first-order valence-electron chi connectivity index (χ1n) is 5.77. The first-order valence-corrected chi connectivity index (χ1v) is 7.00. The highest BCUT2D eigenvalue weighted by Gasteiger charge is 2.12. The van der Waals surface area contributed by atoms with Gasteiger partial charge in [-0.15, -0.1) is 11.8 Å². The summed E-state index contributed by atoms with van der Waals surface area (Å²) in [5.74, 6) is 0. The molecule has 1 aliphatic rings. The van der Waals surface area contributed by atoms with Crippen LogP contribution >= 0.6 is 11.8 Å². The lowest BCUT2D eigenvalue weighted by Gasteiger charge is -2.16. The summed E-state index contributed by atoms with van der Waals surface area (Å²) < 4.78 is 0. The minimum absolute atomic E-state index is 0.586. The van der Waals surface area contributed by atoms with E-state index >= 15 is 0 Å². The molecule has 0 radical (unpaired) electrons. The van der Waals surface area contributed by atoms with E-state index in [2.05, 4.69) is 35.8 Å². The molecule has 0 aliphatic carbocycles. The summed E-state index contributed by atoms with van der Waals surface area (Å²) in [6.45, 7) is 1.18. The van der Waals surface area contributed by atoms with E-state index in [1.54, 1.807) is 0 Å². The Labute approximate surface area is 96.7 Å². The molecule has 0 saturated carbocycles. The summed E-state index contributed by atoms with van der Waals surface area (Å²) in [7, 11) is 0. The Bertz CT molecular complexity index is 286. The molecule has 82 valence electrons. The number of nitrogens with one attached hydrogen (secondary N) is 1. The molecular weight excluding hydrogens is 202 g/mol. The van der Waals surface area contributed by atoms with Crippen molar-refractivity contribution in [1.29, 1.82) is 0 Å². The molecule has 1 aliphatic heterocycles. The molecule has 0 spiro atoms. The van der Waals surface area contributed by atoms with Crippen molar-refractivity contribution in [2.24, 2.45) is 0 Å². The van der Waals surface area contributed by atoms with Crippen molar-refractivity contribution in [2.75, 3.05) is 12.8 Å². The monoisotopic (exact) mass is 221 g/mol. The van der Waals surface area contributed by atoms with E-state index in [-0.39, 0.29) is 0 Å².